The van der Waals surface area contributed by atoms with E-state index in [0.29, 0.717) is 10.7 Å². The van der Waals surface area contributed by atoms with Crippen molar-refractivity contribution in [3.8, 4) is 11.8 Å². The minimum Gasteiger partial charge on any atom is -0.513 e. The minimum absolute atomic E-state index is 0.176. The van der Waals surface area contributed by atoms with Gasteiger partial charge in [0.1, 0.15) is 10.0 Å². The van der Waals surface area contributed by atoms with Gasteiger partial charge in [-0.15, -0.1) is 11.3 Å². The van der Waals surface area contributed by atoms with E-state index in [0.717, 1.165) is 33.5 Å². The van der Waals surface area contributed by atoms with Crippen molar-refractivity contribution in [3.05, 3.63) is 94.8 Å². The fourth-order valence-corrected chi connectivity index (χ4v) is 6.13. The Labute approximate surface area is 191 Å². The van der Waals surface area contributed by atoms with Crippen molar-refractivity contribution >= 4 is 32.2 Å². The lowest BCUT2D eigenvalue weighted by Crippen LogP contribution is -2.20. The molecule has 0 unspecified atom stereocenters. The zero-order valence-electron chi connectivity index (χ0n) is 17.5. The number of hydrogen-bond acceptors (Lipinski definition) is 5. The fourth-order valence-electron chi connectivity index (χ4n) is 3.28. The summed E-state index contributed by atoms with van der Waals surface area (Å²) in [6, 6.07) is 18.7. The molecule has 162 valence electrons. The van der Waals surface area contributed by atoms with Gasteiger partial charge in [0.2, 0.25) is 0 Å². The largest absolute Gasteiger partial charge is 0.513 e. The summed E-state index contributed by atoms with van der Waals surface area (Å²) in [6.07, 6.45) is 0.245. The van der Waals surface area contributed by atoms with Crippen LogP contribution in [0.1, 0.15) is 21.8 Å². The van der Waals surface area contributed by atoms with Crippen molar-refractivity contribution in [2.24, 2.45) is 5.92 Å². The Morgan fingerprint density at radius 2 is 1.88 bits per heavy atom. The summed E-state index contributed by atoms with van der Waals surface area (Å²) < 4.78 is 26.3. The van der Waals surface area contributed by atoms with Gasteiger partial charge in [0.15, 0.2) is 9.84 Å². The number of hydrogen-bond donors (Lipinski definition) is 2. The van der Waals surface area contributed by atoms with Crippen LogP contribution < -0.4 is 0 Å². The summed E-state index contributed by atoms with van der Waals surface area (Å²) >= 11 is 1.13. The van der Waals surface area contributed by atoms with Crippen molar-refractivity contribution in [2.45, 2.75) is 17.6 Å². The molecule has 0 spiro atoms. The zero-order chi connectivity index (χ0) is 22.7. The third-order valence-corrected chi connectivity index (χ3v) is 8.44. The molecule has 4 aromatic rings. The van der Waals surface area contributed by atoms with Gasteiger partial charge in [0.25, 0.3) is 0 Å². The number of benzene rings is 2. The number of allylic oxidation sites excluding steroid dienone is 1. The van der Waals surface area contributed by atoms with Crippen LogP contribution in [-0.2, 0) is 16.3 Å². The number of aryl methyl sites for hydroxylation is 1. The van der Waals surface area contributed by atoms with Crippen molar-refractivity contribution in [2.75, 3.05) is 5.75 Å². The molecule has 2 N–H and O–H groups in total. The molecule has 0 fully saturated rings. The van der Waals surface area contributed by atoms with Gasteiger partial charge in [-0.1, -0.05) is 48.2 Å². The molecule has 5 nitrogen and oxygen atoms in total. The number of nitrogens with zero attached hydrogens (tertiary/aromatic N) is 1. The molecule has 0 radical (unpaired) electrons. The van der Waals surface area contributed by atoms with Gasteiger partial charge in [0.05, 0.1) is 27.4 Å². The number of nitrogens with one attached hydrogen (secondary N) is 1. The van der Waals surface area contributed by atoms with Gasteiger partial charge in [-0.05, 0) is 43.3 Å². The maximum absolute atomic E-state index is 13.0. The number of H-pyrrole nitrogens is 1. The van der Waals surface area contributed by atoms with Gasteiger partial charge in [0, 0.05) is 17.9 Å². The number of fused-ring (bicyclic) bond motifs is 1. The van der Waals surface area contributed by atoms with E-state index >= 15 is 0 Å². The highest BCUT2D eigenvalue weighted by Gasteiger charge is 2.26. The number of rotatable bonds is 6. The molecule has 0 bridgehead atoms. The molecule has 0 saturated heterocycles. The van der Waals surface area contributed by atoms with E-state index in [1.54, 1.807) is 12.1 Å². The van der Waals surface area contributed by atoms with E-state index in [4.69, 9.17) is 0 Å². The highest BCUT2D eigenvalue weighted by Crippen LogP contribution is 2.26. The van der Waals surface area contributed by atoms with Gasteiger partial charge >= 0.3 is 0 Å². The second kappa shape index (κ2) is 9.03. The lowest BCUT2D eigenvalue weighted by molar-refractivity contribution is 0.341. The monoisotopic (exact) mass is 462 g/mol. The van der Waals surface area contributed by atoms with E-state index in [2.05, 4.69) is 28.4 Å². The first-order valence-electron chi connectivity index (χ1n) is 10.0. The topological polar surface area (TPSA) is 83.1 Å². The molecule has 2 heterocycles. The molecule has 0 aliphatic carbocycles. The molecular formula is C25H22N2O3S2. The molecule has 0 aliphatic heterocycles. The van der Waals surface area contributed by atoms with Crippen molar-refractivity contribution in [1.29, 1.82) is 0 Å². The molecule has 4 rings (SSSR count). The first-order chi connectivity index (χ1) is 15.3. The molecule has 2 aromatic heterocycles. The minimum atomic E-state index is -3.63. The molecule has 0 saturated carbocycles. The first kappa shape index (κ1) is 21.9. The summed E-state index contributed by atoms with van der Waals surface area (Å²) in [5.74, 6) is 5.58. The van der Waals surface area contributed by atoms with Crippen LogP contribution in [-0.4, -0.2) is 29.2 Å². The van der Waals surface area contributed by atoms with Crippen LogP contribution in [0.2, 0.25) is 0 Å². The van der Waals surface area contributed by atoms with Gasteiger partial charge in [-0.3, -0.25) is 0 Å². The summed E-state index contributed by atoms with van der Waals surface area (Å²) in [5, 5.41) is 10.1. The summed E-state index contributed by atoms with van der Waals surface area (Å²) in [7, 11) is -3.63. The summed E-state index contributed by atoms with van der Waals surface area (Å²) in [4.78, 5) is 8.32. The summed E-state index contributed by atoms with van der Waals surface area (Å²) in [6.45, 7) is 5.60. The van der Waals surface area contributed by atoms with Crippen LogP contribution in [0.15, 0.2) is 77.2 Å². The second-order valence-corrected chi connectivity index (χ2v) is 11.0. The van der Waals surface area contributed by atoms with Crippen LogP contribution in [0.4, 0.5) is 0 Å². The predicted octanol–water partition coefficient (Wildman–Crippen LogP) is 5.04. The maximum Gasteiger partial charge on any atom is 0.188 e. The van der Waals surface area contributed by atoms with Crippen molar-refractivity contribution in [3.63, 3.8) is 0 Å². The lowest BCUT2D eigenvalue weighted by Gasteiger charge is -2.14. The molecule has 1 atom stereocenters. The predicted molar refractivity (Wildman–Crippen MR) is 129 cm³/mol. The molecule has 0 amide bonds. The average Bonchev–Trinajstić information content (AvgIpc) is 3.39. The Hall–Kier alpha value is -3.34. The van der Waals surface area contributed by atoms with E-state index in [9.17, 15) is 13.5 Å². The first-order valence-corrected chi connectivity index (χ1v) is 12.5. The number of aromatic amines is 1. The van der Waals surface area contributed by atoms with E-state index in [1.807, 2.05) is 55.5 Å². The zero-order valence-corrected chi connectivity index (χ0v) is 19.1. The Kier molecular flexibility index (Phi) is 6.17. The molecular weight excluding hydrogens is 440 g/mol. The smallest absolute Gasteiger partial charge is 0.188 e. The van der Waals surface area contributed by atoms with Crippen LogP contribution in [0.3, 0.4) is 0 Å². The van der Waals surface area contributed by atoms with E-state index < -0.39 is 15.8 Å². The number of aliphatic hydroxyl groups is 1. The fraction of sp³-hybridized carbons (Fsp3) is 0.160. The Balaban J connectivity index is 1.50. The molecule has 0 aliphatic rings. The standard InChI is InChI=1S/C25H22N2O3S2/c1-17-7-9-19(10-8-17)11-12-21-13-14-25(31-21)32(29,30)16-20(18(2)28)15-24-26-22-5-3-4-6-23(22)27-24/h3-10,13-14,20,28H,2,15-16H2,1H3,(H,26,27)/t20-/m1/s1. The van der Waals surface area contributed by atoms with Gasteiger partial charge in [-0.25, -0.2) is 13.4 Å². The molecule has 2 aromatic carbocycles. The number of aliphatic hydroxyl groups excluding tert-OH is 1. The Bertz CT molecular complexity index is 1400. The maximum atomic E-state index is 13.0. The quantitative estimate of drug-likeness (QED) is 0.311. The van der Waals surface area contributed by atoms with Crippen LogP contribution >= 0.6 is 11.3 Å². The SMILES string of the molecule is C=C(O)[C@H](Cc1nc2ccccc2[nH]1)CS(=O)(=O)c1ccc(C#Cc2ccc(C)cc2)s1. The third kappa shape index (κ3) is 5.10. The number of aromatic nitrogens is 2. The highest BCUT2D eigenvalue weighted by atomic mass is 32.2. The number of sulfone groups is 1. The normalized spacial score (nSPS) is 12.3. The molecule has 32 heavy (non-hydrogen) atoms. The lowest BCUT2D eigenvalue weighted by atomic mass is 10.1. The van der Waals surface area contributed by atoms with Crippen LogP contribution in [0.5, 0.6) is 0 Å². The summed E-state index contributed by atoms with van der Waals surface area (Å²) in [5.41, 5.74) is 3.68. The van der Waals surface area contributed by atoms with E-state index in [1.165, 1.54) is 0 Å². The number of para-hydroxylation sites is 2. The number of thiophene rings is 1. The van der Waals surface area contributed by atoms with Crippen molar-refractivity contribution < 1.29 is 13.5 Å². The third-order valence-electron chi connectivity index (χ3n) is 5.04. The Morgan fingerprint density at radius 1 is 1.12 bits per heavy atom. The van der Waals surface area contributed by atoms with Crippen LogP contribution in [0.25, 0.3) is 11.0 Å². The average molecular weight is 463 g/mol. The molecule has 7 heteroatoms. The van der Waals surface area contributed by atoms with Gasteiger partial charge < -0.3 is 10.1 Å². The highest BCUT2D eigenvalue weighted by molar-refractivity contribution is 7.93. The van der Waals surface area contributed by atoms with Crippen LogP contribution in [0, 0.1) is 24.7 Å². The second-order valence-electron chi connectivity index (χ2n) is 7.61. The number of imidazole rings is 1. The van der Waals surface area contributed by atoms with E-state index in [-0.39, 0.29) is 22.1 Å². The Morgan fingerprint density at radius 3 is 2.59 bits per heavy atom. The van der Waals surface area contributed by atoms with Crippen molar-refractivity contribution in [1.82, 2.24) is 9.97 Å². The van der Waals surface area contributed by atoms with Gasteiger partial charge in [-0.2, -0.15) is 0 Å².